The molecule has 0 saturated carbocycles. The van der Waals surface area contributed by atoms with Crippen LogP contribution >= 0.6 is 0 Å². The molecule has 0 bridgehead atoms. The topological polar surface area (TPSA) is 66.5 Å². The van der Waals surface area contributed by atoms with E-state index in [-0.39, 0.29) is 5.41 Å². The van der Waals surface area contributed by atoms with Gasteiger partial charge in [0, 0.05) is 18.5 Å². The van der Waals surface area contributed by atoms with E-state index in [4.69, 9.17) is 0 Å². The lowest BCUT2D eigenvalue weighted by molar-refractivity contribution is 0.0839. The molecule has 6 heteroatoms. The highest BCUT2D eigenvalue weighted by Gasteiger charge is 2.32. The predicted molar refractivity (Wildman–Crippen MR) is 76.9 cm³/mol. The summed E-state index contributed by atoms with van der Waals surface area (Å²) in [6, 6.07) is 3.87. The molecule has 3 rings (SSSR count). The van der Waals surface area contributed by atoms with Crippen LogP contribution in [0.1, 0.15) is 39.9 Å². The summed E-state index contributed by atoms with van der Waals surface area (Å²) in [5, 5.41) is 23.1. The fourth-order valence-electron chi connectivity index (χ4n) is 2.56. The Morgan fingerprint density at radius 2 is 2.00 bits per heavy atom. The first kappa shape index (κ1) is 13.3. The van der Waals surface area contributed by atoms with Crippen LogP contribution in [0.15, 0.2) is 12.1 Å². The van der Waals surface area contributed by atoms with Crippen LogP contribution in [-0.2, 0) is 5.41 Å². The van der Waals surface area contributed by atoms with Crippen molar-refractivity contribution < 1.29 is 5.11 Å². The fourth-order valence-corrected chi connectivity index (χ4v) is 2.56. The van der Waals surface area contributed by atoms with Gasteiger partial charge in [0.25, 0.3) is 0 Å². The van der Waals surface area contributed by atoms with Gasteiger partial charge in [-0.2, -0.15) is 4.52 Å². The molecule has 1 aliphatic heterocycles. The molecule has 0 radical (unpaired) electrons. The van der Waals surface area contributed by atoms with Crippen LogP contribution in [0.5, 0.6) is 0 Å². The Bertz CT molecular complexity index is 641. The first-order valence-electron chi connectivity index (χ1n) is 6.97. The van der Waals surface area contributed by atoms with E-state index in [0.29, 0.717) is 6.54 Å². The Labute approximate surface area is 118 Å². The van der Waals surface area contributed by atoms with Gasteiger partial charge in [-0.25, -0.2) is 0 Å². The van der Waals surface area contributed by atoms with Gasteiger partial charge in [0.15, 0.2) is 11.5 Å². The number of fused-ring (bicyclic) bond motifs is 1. The molecule has 1 unspecified atom stereocenters. The molecule has 6 nitrogen and oxygen atoms in total. The molecule has 3 heterocycles. The third kappa shape index (κ3) is 2.24. The van der Waals surface area contributed by atoms with Crippen molar-refractivity contribution in [2.45, 2.75) is 45.1 Å². The summed E-state index contributed by atoms with van der Waals surface area (Å²) in [5.41, 5.74) is 0.0164. The minimum atomic E-state index is -0.628. The smallest absolute Gasteiger partial charge is 0.178 e. The molecule has 108 valence electrons. The van der Waals surface area contributed by atoms with Crippen LogP contribution in [0, 0.1) is 0 Å². The monoisotopic (exact) mass is 275 g/mol. The Kier molecular flexibility index (Phi) is 2.76. The summed E-state index contributed by atoms with van der Waals surface area (Å²) in [6.45, 7) is 9.58. The molecule has 1 aliphatic rings. The quantitative estimate of drug-likeness (QED) is 0.851. The molecule has 20 heavy (non-hydrogen) atoms. The summed E-state index contributed by atoms with van der Waals surface area (Å²) in [5.74, 6) is 1.71. The van der Waals surface area contributed by atoms with E-state index < -0.39 is 5.60 Å². The average Bonchev–Trinajstić information content (AvgIpc) is 2.90. The van der Waals surface area contributed by atoms with Crippen LogP contribution in [0.4, 0.5) is 5.82 Å². The molecule has 2 aromatic rings. The highest BCUT2D eigenvalue weighted by atomic mass is 16.3. The van der Waals surface area contributed by atoms with Crippen LogP contribution in [0.25, 0.3) is 5.65 Å². The van der Waals surface area contributed by atoms with Crippen LogP contribution in [0.2, 0.25) is 0 Å². The number of aromatic nitrogens is 4. The highest BCUT2D eigenvalue weighted by Crippen LogP contribution is 2.26. The molecule has 0 aromatic carbocycles. The summed E-state index contributed by atoms with van der Waals surface area (Å²) < 4.78 is 1.81. The standard InChI is InChI=1S/C14H21N5O/c1-13(2,3)12-16-15-10-5-6-11(17-19(10)12)18-8-7-14(4,20)9-18/h5-6,20H,7-9H2,1-4H3. The highest BCUT2D eigenvalue weighted by molar-refractivity contribution is 5.47. The van der Waals surface area contributed by atoms with Gasteiger partial charge in [-0.05, 0) is 25.5 Å². The molecular formula is C14H21N5O. The number of hydrogen-bond donors (Lipinski definition) is 1. The number of aliphatic hydroxyl groups is 1. The van der Waals surface area contributed by atoms with E-state index >= 15 is 0 Å². The number of nitrogens with zero attached hydrogens (tertiary/aromatic N) is 5. The number of rotatable bonds is 1. The van der Waals surface area contributed by atoms with Crippen molar-refractivity contribution in [2.24, 2.45) is 0 Å². The average molecular weight is 275 g/mol. The predicted octanol–water partition coefficient (Wildman–Crippen LogP) is 1.38. The molecule has 1 N–H and O–H groups in total. The summed E-state index contributed by atoms with van der Waals surface area (Å²) >= 11 is 0. The second-order valence-electron chi connectivity index (χ2n) is 6.90. The molecular weight excluding hydrogens is 254 g/mol. The van der Waals surface area contributed by atoms with Crippen LogP contribution in [-0.4, -0.2) is 43.6 Å². The van der Waals surface area contributed by atoms with Crippen molar-refractivity contribution >= 4 is 11.5 Å². The molecule has 1 saturated heterocycles. The molecule has 0 amide bonds. The Hall–Kier alpha value is -1.69. The molecule has 1 fully saturated rings. The minimum Gasteiger partial charge on any atom is -0.388 e. The molecule has 1 atom stereocenters. The lowest BCUT2D eigenvalue weighted by atomic mass is 9.96. The maximum Gasteiger partial charge on any atom is 0.178 e. The van der Waals surface area contributed by atoms with E-state index in [0.717, 1.165) is 30.3 Å². The van der Waals surface area contributed by atoms with Crippen molar-refractivity contribution in [1.29, 1.82) is 0 Å². The lowest BCUT2D eigenvalue weighted by Gasteiger charge is -2.20. The normalized spacial score (nSPS) is 23.8. The van der Waals surface area contributed by atoms with E-state index in [2.05, 4.69) is 41.0 Å². The zero-order valence-corrected chi connectivity index (χ0v) is 12.5. The van der Waals surface area contributed by atoms with Gasteiger partial charge in [-0.1, -0.05) is 20.8 Å². The first-order chi connectivity index (χ1) is 9.26. The molecule has 2 aromatic heterocycles. The summed E-state index contributed by atoms with van der Waals surface area (Å²) in [7, 11) is 0. The zero-order chi connectivity index (χ0) is 14.5. The van der Waals surface area contributed by atoms with Gasteiger partial charge in [-0.15, -0.1) is 15.3 Å². The molecule has 0 spiro atoms. The third-order valence-corrected chi connectivity index (χ3v) is 3.70. The Balaban J connectivity index is 2.02. The fraction of sp³-hybridized carbons (Fsp3) is 0.643. The van der Waals surface area contributed by atoms with Crippen molar-refractivity contribution in [3.05, 3.63) is 18.0 Å². The number of hydrogen-bond acceptors (Lipinski definition) is 5. The SMILES string of the molecule is CC1(O)CCN(c2ccc3nnc(C(C)(C)C)n3n2)C1. The Morgan fingerprint density at radius 3 is 2.60 bits per heavy atom. The van der Waals surface area contributed by atoms with Gasteiger partial charge in [0.05, 0.1) is 5.60 Å². The van der Waals surface area contributed by atoms with E-state index in [1.54, 1.807) is 0 Å². The van der Waals surface area contributed by atoms with Crippen LogP contribution < -0.4 is 4.90 Å². The van der Waals surface area contributed by atoms with Gasteiger partial charge in [-0.3, -0.25) is 0 Å². The second-order valence-corrected chi connectivity index (χ2v) is 6.90. The zero-order valence-electron chi connectivity index (χ0n) is 12.5. The van der Waals surface area contributed by atoms with Crippen molar-refractivity contribution in [2.75, 3.05) is 18.0 Å². The third-order valence-electron chi connectivity index (χ3n) is 3.70. The summed E-state index contributed by atoms with van der Waals surface area (Å²) in [6.07, 6.45) is 0.765. The van der Waals surface area contributed by atoms with E-state index in [9.17, 15) is 5.11 Å². The van der Waals surface area contributed by atoms with Gasteiger partial charge in [0.2, 0.25) is 0 Å². The minimum absolute atomic E-state index is 0.110. The summed E-state index contributed by atoms with van der Waals surface area (Å²) in [4.78, 5) is 2.10. The second kappa shape index (κ2) is 4.15. The maximum absolute atomic E-state index is 10.1. The van der Waals surface area contributed by atoms with Gasteiger partial charge < -0.3 is 10.0 Å². The van der Waals surface area contributed by atoms with E-state index in [1.165, 1.54) is 0 Å². The van der Waals surface area contributed by atoms with Gasteiger partial charge >= 0.3 is 0 Å². The van der Waals surface area contributed by atoms with E-state index in [1.807, 2.05) is 23.6 Å². The maximum atomic E-state index is 10.1. The van der Waals surface area contributed by atoms with Crippen molar-refractivity contribution in [3.63, 3.8) is 0 Å². The van der Waals surface area contributed by atoms with Gasteiger partial charge in [0.1, 0.15) is 5.82 Å². The van der Waals surface area contributed by atoms with Crippen LogP contribution in [0.3, 0.4) is 0 Å². The van der Waals surface area contributed by atoms with Crippen molar-refractivity contribution in [3.8, 4) is 0 Å². The number of β-amino-alcohol motifs (C(OH)–C–C–N with tert-alkyl or cyclic N) is 1. The molecule has 0 aliphatic carbocycles. The largest absolute Gasteiger partial charge is 0.388 e. The lowest BCUT2D eigenvalue weighted by Crippen LogP contribution is -2.30. The Morgan fingerprint density at radius 1 is 1.25 bits per heavy atom. The first-order valence-corrected chi connectivity index (χ1v) is 6.97. The number of anilines is 1. The van der Waals surface area contributed by atoms with Crippen molar-refractivity contribution in [1.82, 2.24) is 19.8 Å².